The van der Waals surface area contributed by atoms with Crippen LogP contribution in [0, 0.1) is 6.92 Å². The molecule has 0 spiro atoms. The van der Waals surface area contributed by atoms with Crippen molar-refractivity contribution >= 4 is 5.57 Å². The van der Waals surface area contributed by atoms with Gasteiger partial charge in [-0.2, -0.15) is 0 Å². The summed E-state index contributed by atoms with van der Waals surface area (Å²) >= 11 is 0. The average molecular weight is 263 g/mol. The van der Waals surface area contributed by atoms with Crippen molar-refractivity contribution in [3.8, 4) is 0 Å². The number of aryl methyl sites for hydroxylation is 1. The summed E-state index contributed by atoms with van der Waals surface area (Å²) in [4.78, 5) is 0. The Bertz CT molecular complexity index is 585. The summed E-state index contributed by atoms with van der Waals surface area (Å²) in [5.74, 6) is 0. The number of hydrogen-bond donors (Lipinski definition) is 1. The van der Waals surface area contributed by atoms with E-state index in [0.717, 1.165) is 13.1 Å². The summed E-state index contributed by atoms with van der Waals surface area (Å²) in [7, 11) is 0. The van der Waals surface area contributed by atoms with Gasteiger partial charge in [0.15, 0.2) is 0 Å². The van der Waals surface area contributed by atoms with E-state index in [1.807, 2.05) is 0 Å². The second-order valence-electron chi connectivity index (χ2n) is 5.49. The number of nitrogens with one attached hydrogen (secondary N) is 1. The molecule has 1 heteroatoms. The van der Waals surface area contributed by atoms with Crippen LogP contribution in [0.4, 0.5) is 0 Å². The van der Waals surface area contributed by atoms with E-state index >= 15 is 0 Å². The first-order valence-electron chi connectivity index (χ1n) is 7.40. The van der Waals surface area contributed by atoms with Crippen LogP contribution in [-0.2, 0) is 0 Å². The van der Waals surface area contributed by atoms with Crippen LogP contribution in [0.3, 0.4) is 0 Å². The van der Waals surface area contributed by atoms with Crippen molar-refractivity contribution in [2.45, 2.75) is 19.8 Å². The lowest BCUT2D eigenvalue weighted by atomic mass is 9.89. The van der Waals surface area contributed by atoms with Crippen molar-refractivity contribution in [1.82, 2.24) is 5.32 Å². The van der Waals surface area contributed by atoms with Gasteiger partial charge in [-0.15, -0.1) is 0 Å². The van der Waals surface area contributed by atoms with Gasteiger partial charge in [-0.1, -0.05) is 60.2 Å². The third-order valence-electron chi connectivity index (χ3n) is 3.93. The number of rotatable bonds is 2. The molecule has 0 aromatic heterocycles. The molecule has 1 aliphatic heterocycles. The Morgan fingerprint density at radius 3 is 2.25 bits per heavy atom. The SMILES string of the molecule is Cc1ccc(/C(=C2\CCCNC2)c2ccccc2)cc1. The first-order valence-corrected chi connectivity index (χ1v) is 7.40. The standard InChI is InChI=1S/C19H21N/c1-15-9-11-17(12-10-15)19(16-6-3-2-4-7-16)18-8-5-13-20-14-18/h2-4,6-7,9-12,20H,5,8,13-14H2,1H3/b19-18+. The van der Waals surface area contributed by atoms with Crippen LogP contribution in [0.1, 0.15) is 29.5 Å². The topological polar surface area (TPSA) is 12.0 Å². The van der Waals surface area contributed by atoms with Gasteiger partial charge in [-0.3, -0.25) is 0 Å². The molecule has 0 unspecified atom stereocenters. The van der Waals surface area contributed by atoms with E-state index in [2.05, 4.69) is 66.8 Å². The van der Waals surface area contributed by atoms with Crippen LogP contribution in [0.15, 0.2) is 60.2 Å². The summed E-state index contributed by atoms with van der Waals surface area (Å²) in [5.41, 5.74) is 6.92. The third kappa shape index (κ3) is 2.83. The Morgan fingerprint density at radius 1 is 0.900 bits per heavy atom. The van der Waals surface area contributed by atoms with Gasteiger partial charge in [0.25, 0.3) is 0 Å². The van der Waals surface area contributed by atoms with E-state index in [0.29, 0.717) is 0 Å². The van der Waals surface area contributed by atoms with Crippen LogP contribution < -0.4 is 5.32 Å². The fourth-order valence-electron chi connectivity index (χ4n) is 2.87. The fourth-order valence-corrected chi connectivity index (χ4v) is 2.87. The van der Waals surface area contributed by atoms with Crippen molar-refractivity contribution in [1.29, 1.82) is 0 Å². The molecule has 0 radical (unpaired) electrons. The molecule has 1 fully saturated rings. The first kappa shape index (κ1) is 13.1. The van der Waals surface area contributed by atoms with E-state index in [1.54, 1.807) is 0 Å². The molecule has 0 aliphatic carbocycles. The van der Waals surface area contributed by atoms with Crippen molar-refractivity contribution < 1.29 is 0 Å². The van der Waals surface area contributed by atoms with Gasteiger partial charge < -0.3 is 5.32 Å². The minimum atomic E-state index is 1.01. The highest BCUT2D eigenvalue weighted by molar-refractivity contribution is 5.82. The maximum atomic E-state index is 3.51. The van der Waals surface area contributed by atoms with E-state index in [4.69, 9.17) is 0 Å². The van der Waals surface area contributed by atoms with Gasteiger partial charge >= 0.3 is 0 Å². The van der Waals surface area contributed by atoms with E-state index < -0.39 is 0 Å². The molecule has 2 aromatic rings. The molecule has 0 bridgehead atoms. The van der Waals surface area contributed by atoms with Gasteiger partial charge in [-0.05, 0) is 48.6 Å². The molecule has 1 saturated heterocycles. The van der Waals surface area contributed by atoms with Crippen molar-refractivity contribution in [2.24, 2.45) is 0 Å². The zero-order valence-electron chi connectivity index (χ0n) is 12.0. The molecule has 0 amide bonds. The molecule has 1 heterocycles. The monoisotopic (exact) mass is 263 g/mol. The molecule has 0 saturated carbocycles. The normalized spacial score (nSPS) is 17.9. The Hall–Kier alpha value is -1.86. The minimum Gasteiger partial charge on any atom is -0.313 e. The molecule has 3 rings (SSSR count). The largest absolute Gasteiger partial charge is 0.313 e. The quantitative estimate of drug-likeness (QED) is 0.857. The van der Waals surface area contributed by atoms with Crippen LogP contribution in [-0.4, -0.2) is 13.1 Å². The van der Waals surface area contributed by atoms with Crippen LogP contribution >= 0.6 is 0 Å². The molecule has 2 aromatic carbocycles. The van der Waals surface area contributed by atoms with Crippen molar-refractivity contribution in [3.63, 3.8) is 0 Å². The second-order valence-corrected chi connectivity index (χ2v) is 5.49. The molecule has 1 N–H and O–H groups in total. The summed E-state index contributed by atoms with van der Waals surface area (Å²) in [6.07, 6.45) is 2.43. The highest BCUT2D eigenvalue weighted by atomic mass is 14.9. The Balaban J connectivity index is 2.10. The smallest absolute Gasteiger partial charge is 0.0174 e. The average Bonchev–Trinajstić information content (AvgIpc) is 2.52. The fraction of sp³-hybridized carbons (Fsp3) is 0.263. The van der Waals surface area contributed by atoms with Crippen LogP contribution in [0.2, 0.25) is 0 Å². The summed E-state index contributed by atoms with van der Waals surface area (Å²) in [5, 5.41) is 3.51. The predicted molar refractivity (Wildman–Crippen MR) is 85.7 cm³/mol. The van der Waals surface area contributed by atoms with E-state index in [9.17, 15) is 0 Å². The maximum absolute atomic E-state index is 3.51. The van der Waals surface area contributed by atoms with Crippen molar-refractivity contribution in [3.05, 3.63) is 76.9 Å². The predicted octanol–water partition coefficient (Wildman–Crippen LogP) is 4.18. The Morgan fingerprint density at radius 2 is 1.60 bits per heavy atom. The van der Waals surface area contributed by atoms with Gasteiger partial charge in [0.1, 0.15) is 0 Å². The molecule has 102 valence electrons. The van der Waals surface area contributed by atoms with E-state index in [-0.39, 0.29) is 0 Å². The second kappa shape index (κ2) is 6.06. The molecule has 20 heavy (non-hydrogen) atoms. The minimum absolute atomic E-state index is 1.01. The summed E-state index contributed by atoms with van der Waals surface area (Å²) in [6.45, 7) is 4.29. The maximum Gasteiger partial charge on any atom is 0.0174 e. The zero-order valence-corrected chi connectivity index (χ0v) is 12.0. The molecular formula is C19H21N. The van der Waals surface area contributed by atoms with Gasteiger partial charge in [-0.25, -0.2) is 0 Å². The molecule has 1 nitrogen and oxygen atoms in total. The van der Waals surface area contributed by atoms with Crippen LogP contribution in [0.25, 0.3) is 5.57 Å². The lowest BCUT2D eigenvalue weighted by Crippen LogP contribution is -2.24. The van der Waals surface area contributed by atoms with Crippen molar-refractivity contribution in [2.75, 3.05) is 13.1 Å². The lowest BCUT2D eigenvalue weighted by molar-refractivity contribution is 0.611. The molecule has 1 aliphatic rings. The molecule has 0 atom stereocenters. The summed E-state index contributed by atoms with van der Waals surface area (Å²) < 4.78 is 0. The number of hydrogen-bond acceptors (Lipinski definition) is 1. The number of benzene rings is 2. The number of piperidine rings is 1. The van der Waals surface area contributed by atoms with Gasteiger partial charge in [0.2, 0.25) is 0 Å². The van der Waals surface area contributed by atoms with Crippen LogP contribution in [0.5, 0.6) is 0 Å². The van der Waals surface area contributed by atoms with Gasteiger partial charge in [0, 0.05) is 6.54 Å². The lowest BCUT2D eigenvalue weighted by Gasteiger charge is -2.21. The Labute approximate surface area is 121 Å². The van der Waals surface area contributed by atoms with E-state index in [1.165, 1.54) is 40.7 Å². The molecular weight excluding hydrogens is 242 g/mol. The third-order valence-corrected chi connectivity index (χ3v) is 3.93. The zero-order chi connectivity index (χ0) is 13.8. The summed E-state index contributed by atoms with van der Waals surface area (Å²) in [6, 6.07) is 19.7. The first-order chi connectivity index (χ1) is 9.84. The van der Waals surface area contributed by atoms with Gasteiger partial charge in [0.05, 0.1) is 0 Å². The highest BCUT2D eigenvalue weighted by Crippen LogP contribution is 2.30. The highest BCUT2D eigenvalue weighted by Gasteiger charge is 2.14. The Kier molecular flexibility index (Phi) is 3.98.